The first kappa shape index (κ1) is 11.4. The summed E-state index contributed by atoms with van der Waals surface area (Å²) in [4.78, 5) is 18.6. The minimum atomic E-state index is -0.494. The highest BCUT2D eigenvalue weighted by molar-refractivity contribution is 9.10. The van der Waals surface area contributed by atoms with Gasteiger partial charge in [0.1, 0.15) is 5.41 Å². The molecule has 2 aliphatic heterocycles. The van der Waals surface area contributed by atoms with Crippen molar-refractivity contribution < 1.29 is 9.53 Å². The molecule has 2 aliphatic rings. The van der Waals surface area contributed by atoms with E-state index in [0.29, 0.717) is 13.2 Å². The predicted octanol–water partition coefficient (Wildman–Crippen LogP) is 2.24. The van der Waals surface area contributed by atoms with Crippen molar-refractivity contribution in [2.75, 3.05) is 25.2 Å². The molecule has 0 atom stereocenters. The van der Waals surface area contributed by atoms with Crippen LogP contribution in [0.4, 0.5) is 5.69 Å². The van der Waals surface area contributed by atoms with Gasteiger partial charge >= 0.3 is 0 Å². The Morgan fingerprint density at radius 2 is 2.21 bits per heavy atom. The first-order chi connectivity index (χ1) is 9.13. The lowest BCUT2D eigenvalue weighted by atomic mass is 9.78. The number of halogens is 1. The Hall–Kier alpha value is -1.46. The molecule has 1 aromatic heterocycles. The Balaban J connectivity index is 2.12. The SMILES string of the molecule is CN1C(=O)C2(COC2)c2c1cnc1ccc(Br)cc21. The third kappa shape index (κ3) is 1.27. The maximum atomic E-state index is 12.5. The minimum absolute atomic E-state index is 0.114. The smallest absolute Gasteiger partial charge is 0.242 e. The van der Waals surface area contributed by atoms with Gasteiger partial charge in [0.15, 0.2) is 0 Å². The Bertz CT molecular complexity index is 725. The zero-order chi connectivity index (χ0) is 13.2. The van der Waals surface area contributed by atoms with E-state index in [4.69, 9.17) is 4.74 Å². The highest BCUT2D eigenvalue weighted by Crippen LogP contribution is 2.48. The second-order valence-electron chi connectivity index (χ2n) is 5.12. The summed E-state index contributed by atoms with van der Waals surface area (Å²) in [6, 6.07) is 5.97. The van der Waals surface area contributed by atoms with Crippen LogP contribution in [0.1, 0.15) is 5.56 Å². The predicted molar refractivity (Wildman–Crippen MR) is 75.4 cm³/mol. The number of carbonyl (C=O) groups excluding carboxylic acids is 1. The molecule has 3 heterocycles. The number of rotatable bonds is 0. The van der Waals surface area contributed by atoms with Gasteiger partial charge in [-0.1, -0.05) is 15.9 Å². The lowest BCUT2D eigenvalue weighted by Crippen LogP contribution is -2.53. The summed E-state index contributed by atoms with van der Waals surface area (Å²) in [6.45, 7) is 0.934. The van der Waals surface area contributed by atoms with Crippen LogP contribution in [0.25, 0.3) is 10.9 Å². The summed E-state index contributed by atoms with van der Waals surface area (Å²) in [7, 11) is 1.81. The molecule has 0 unspecified atom stereocenters. The number of fused-ring (bicyclic) bond motifs is 4. The van der Waals surface area contributed by atoms with Crippen LogP contribution in [0.2, 0.25) is 0 Å². The highest BCUT2D eigenvalue weighted by atomic mass is 79.9. The summed E-state index contributed by atoms with van der Waals surface area (Å²) in [5, 5.41) is 1.04. The van der Waals surface area contributed by atoms with E-state index in [2.05, 4.69) is 20.9 Å². The molecule has 4 rings (SSSR count). The zero-order valence-electron chi connectivity index (χ0n) is 10.3. The fraction of sp³-hybridized carbons (Fsp3) is 0.286. The number of benzene rings is 1. The third-order valence-electron chi connectivity index (χ3n) is 4.06. The Morgan fingerprint density at radius 3 is 2.89 bits per heavy atom. The van der Waals surface area contributed by atoms with Gasteiger partial charge in [0.05, 0.1) is 30.6 Å². The normalized spacial score (nSPS) is 19.9. The number of aromatic nitrogens is 1. The molecule has 2 aromatic rings. The molecule has 0 saturated carbocycles. The van der Waals surface area contributed by atoms with Gasteiger partial charge in [-0.2, -0.15) is 0 Å². The average Bonchev–Trinajstić information content (AvgIpc) is 2.59. The molecule has 1 fully saturated rings. The minimum Gasteiger partial charge on any atom is -0.378 e. The molecule has 96 valence electrons. The molecule has 0 aliphatic carbocycles. The molecule has 5 heteroatoms. The van der Waals surface area contributed by atoms with Crippen LogP contribution < -0.4 is 4.90 Å². The molecule has 1 aromatic carbocycles. The number of hydrogen-bond donors (Lipinski definition) is 0. The van der Waals surface area contributed by atoms with Crippen LogP contribution >= 0.6 is 15.9 Å². The first-order valence-electron chi connectivity index (χ1n) is 6.08. The maximum Gasteiger partial charge on any atom is 0.242 e. The van der Waals surface area contributed by atoms with Crippen LogP contribution in [0.15, 0.2) is 28.9 Å². The van der Waals surface area contributed by atoms with Crippen molar-refractivity contribution in [2.45, 2.75) is 5.41 Å². The largest absolute Gasteiger partial charge is 0.378 e. The standard InChI is InChI=1S/C14H11BrN2O2/c1-17-11-5-16-10-3-2-8(15)4-9(10)12(11)14(13(17)18)6-19-7-14/h2-5H,6-7H2,1H3. The number of pyridine rings is 1. The van der Waals surface area contributed by atoms with E-state index in [1.54, 1.807) is 18.1 Å². The number of anilines is 1. The van der Waals surface area contributed by atoms with Gasteiger partial charge in [-0.05, 0) is 18.2 Å². The fourth-order valence-electron chi connectivity index (χ4n) is 3.02. The monoisotopic (exact) mass is 318 g/mol. The topological polar surface area (TPSA) is 42.4 Å². The summed E-state index contributed by atoms with van der Waals surface area (Å²) in [5.41, 5.74) is 2.39. The van der Waals surface area contributed by atoms with Gasteiger partial charge in [-0.25, -0.2) is 0 Å². The highest BCUT2D eigenvalue weighted by Gasteiger charge is 2.56. The van der Waals surface area contributed by atoms with Gasteiger partial charge in [-0.15, -0.1) is 0 Å². The quantitative estimate of drug-likeness (QED) is 0.748. The van der Waals surface area contributed by atoms with Crippen LogP contribution in [0.5, 0.6) is 0 Å². The maximum absolute atomic E-state index is 12.5. The van der Waals surface area contributed by atoms with Crippen molar-refractivity contribution in [3.05, 3.63) is 34.4 Å². The van der Waals surface area contributed by atoms with Crippen molar-refractivity contribution in [3.8, 4) is 0 Å². The van der Waals surface area contributed by atoms with Gasteiger partial charge in [0, 0.05) is 22.5 Å². The van der Waals surface area contributed by atoms with E-state index < -0.39 is 5.41 Å². The van der Waals surface area contributed by atoms with Crippen molar-refractivity contribution >= 4 is 38.4 Å². The first-order valence-corrected chi connectivity index (χ1v) is 6.87. The summed E-state index contributed by atoms with van der Waals surface area (Å²) >= 11 is 3.49. The summed E-state index contributed by atoms with van der Waals surface area (Å²) < 4.78 is 6.33. The van der Waals surface area contributed by atoms with Crippen molar-refractivity contribution in [2.24, 2.45) is 0 Å². The Labute approximate surface area is 118 Å². The molecule has 0 bridgehead atoms. The van der Waals surface area contributed by atoms with Gasteiger partial charge in [-0.3, -0.25) is 9.78 Å². The van der Waals surface area contributed by atoms with Gasteiger partial charge in [0.25, 0.3) is 0 Å². The molecule has 19 heavy (non-hydrogen) atoms. The van der Waals surface area contributed by atoms with Crippen molar-refractivity contribution in [3.63, 3.8) is 0 Å². The number of amides is 1. The van der Waals surface area contributed by atoms with Crippen LogP contribution in [0.3, 0.4) is 0 Å². The fourth-order valence-corrected chi connectivity index (χ4v) is 3.38. The van der Waals surface area contributed by atoms with Gasteiger partial charge < -0.3 is 9.64 Å². The lowest BCUT2D eigenvalue weighted by molar-refractivity contribution is -0.139. The van der Waals surface area contributed by atoms with E-state index in [1.807, 2.05) is 18.2 Å². The van der Waals surface area contributed by atoms with E-state index in [-0.39, 0.29) is 5.91 Å². The van der Waals surface area contributed by atoms with E-state index in [0.717, 1.165) is 26.6 Å². The number of carbonyl (C=O) groups is 1. The number of hydrogen-bond acceptors (Lipinski definition) is 3. The molecule has 0 N–H and O–H groups in total. The molecule has 4 nitrogen and oxygen atoms in total. The molecule has 1 spiro atoms. The average molecular weight is 319 g/mol. The lowest BCUT2D eigenvalue weighted by Gasteiger charge is -2.36. The second-order valence-corrected chi connectivity index (χ2v) is 6.03. The van der Waals surface area contributed by atoms with Crippen LogP contribution in [-0.4, -0.2) is 31.2 Å². The molecule has 0 radical (unpaired) electrons. The van der Waals surface area contributed by atoms with E-state index >= 15 is 0 Å². The number of likely N-dealkylation sites (N-methyl/N-ethyl adjacent to an activating group) is 1. The molecular formula is C14H11BrN2O2. The molecule has 1 amide bonds. The van der Waals surface area contributed by atoms with Gasteiger partial charge in [0.2, 0.25) is 5.91 Å². The van der Waals surface area contributed by atoms with Crippen LogP contribution in [-0.2, 0) is 14.9 Å². The number of nitrogens with zero attached hydrogens (tertiary/aromatic N) is 2. The second kappa shape index (κ2) is 3.55. The molecule has 1 saturated heterocycles. The van der Waals surface area contributed by atoms with Crippen molar-refractivity contribution in [1.82, 2.24) is 4.98 Å². The van der Waals surface area contributed by atoms with E-state index in [9.17, 15) is 4.79 Å². The third-order valence-corrected chi connectivity index (χ3v) is 4.55. The summed E-state index contributed by atoms with van der Waals surface area (Å²) in [6.07, 6.45) is 1.79. The van der Waals surface area contributed by atoms with E-state index in [1.165, 1.54) is 0 Å². The Morgan fingerprint density at radius 1 is 1.42 bits per heavy atom. The molecular weight excluding hydrogens is 308 g/mol. The Kier molecular flexibility index (Phi) is 2.13. The summed E-state index contributed by atoms with van der Waals surface area (Å²) in [5.74, 6) is 0.114. The zero-order valence-corrected chi connectivity index (χ0v) is 11.9. The van der Waals surface area contributed by atoms with Crippen molar-refractivity contribution in [1.29, 1.82) is 0 Å². The van der Waals surface area contributed by atoms with Crippen LogP contribution in [0, 0.1) is 0 Å². The number of ether oxygens (including phenoxy) is 1.